The van der Waals surface area contributed by atoms with Crippen molar-refractivity contribution in [3.05, 3.63) is 5.82 Å². The maximum absolute atomic E-state index is 5.53. The molecule has 16 heavy (non-hydrogen) atoms. The van der Waals surface area contributed by atoms with E-state index in [1.54, 1.807) is 18.9 Å². The molecule has 0 spiro atoms. The molecule has 0 unspecified atom stereocenters. The van der Waals surface area contributed by atoms with Gasteiger partial charge in [-0.25, -0.2) is 0 Å². The number of methoxy groups -OCH3 is 1. The largest absolute Gasteiger partial charge is 0.379 e. The highest BCUT2D eigenvalue weighted by Gasteiger charge is 2.16. The van der Waals surface area contributed by atoms with Crippen LogP contribution in [0.15, 0.2) is 5.16 Å². The number of hydrogen-bond acceptors (Lipinski definition) is 5. The summed E-state index contributed by atoms with van der Waals surface area (Å²) in [6.07, 6.45) is 0.971. The molecular weight excluding hydrogens is 224 g/mol. The number of rotatable bonds is 6. The van der Waals surface area contributed by atoms with Crippen LogP contribution in [0.2, 0.25) is 0 Å². The Kier molecular flexibility index (Phi) is 4.76. The van der Waals surface area contributed by atoms with E-state index in [0.29, 0.717) is 6.54 Å². The molecule has 0 bridgehead atoms. The summed E-state index contributed by atoms with van der Waals surface area (Å²) in [5, 5.41) is 9.00. The first-order chi connectivity index (χ1) is 7.50. The van der Waals surface area contributed by atoms with Gasteiger partial charge in [0.1, 0.15) is 5.82 Å². The summed E-state index contributed by atoms with van der Waals surface area (Å²) >= 11 is 1.68. The fourth-order valence-corrected chi connectivity index (χ4v) is 2.31. The molecule has 0 aliphatic rings. The molecule has 0 saturated heterocycles. The second-order valence-corrected chi connectivity index (χ2v) is 5.29. The molecule has 1 aromatic rings. The molecule has 92 valence electrons. The van der Waals surface area contributed by atoms with Gasteiger partial charge in [-0.15, -0.1) is 10.2 Å². The van der Waals surface area contributed by atoms with Gasteiger partial charge in [0.15, 0.2) is 5.16 Å². The quantitative estimate of drug-likeness (QED) is 0.761. The first kappa shape index (κ1) is 13.5. The first-order valence-corrected chi connectivity index (χ1v) is 6.25. The van der Waals surface area contributed by atoms with Crippen LogP contribution in [0.3, 0.4) is 0 Å². The van der Waals surface area contributed by atoms with Crippen LogP contribution in [0.1, 0.15) is 26.1 Å². The fraction of sp³-hybridized carbons (Fsp3) is 0.800. The Bertz CT molecular complexity index is 338. The lowest BCUT2D eigenvalue weighted by Gasteiger charge is -2.22. The minimum atomic E-state index is -0.0811. The van der Waals surface area contributed by atoms with Crippen LogP contribution >= 0.6 is 11.8 Å². The molecule has 0 aromatic carbocycles. The maximum Gasteiger partial charge on any atom is 0.190 e. The van der Waals surface area contributed by atoms with Gasteiger partial charge in [-0.2, -0.15) is 0 Å². The van der Waals surface area contributed by atoms with Crippen molar-refractivity contribution in [2.24, 2.45) is 12.8 Å². The lowest BCUT2D eigenvalue weighted by molar-refractivity contribution is 0.0206. The van der Waals surface area contributed by atoms with Gasteiger partial charge in [0, 0.05) is 19.9 Å². The van der Waals surface area contributed by atoms with Crippen molar-refractivity contribution in [1.82, 2.24) is 14.8 Å². The van der Waals surface area contributed by atoms with Crippen LogP contribution in [0, 0.1) is 0 Å². The first-order valence-electron chi connectivity index (χ1n) is 5.26. The second kappa shape index (κ2) is 5.65. The van der Waals surface area contributed by atoms with E-state index < -0.39 is 0 Å². The van der Waals surface area contributed by atoms with E-state index in [1.165, 1.54) is 0 Å². The third-order valence-electron chi connectivity index (χ3n) is 2.60. The van der Waals surface area contributed by atoms with Gasteiger partial charge >= 0.3 is 0 Å². The summed E-state index contributed by atoms with van der Waals surface area (Å²) in [6, 6.07) is 0. The van der Waals surface area contributed by atoms with Crippen molar-refractivity contribution in [2.45, 2.75) is 37.6 Å². The van der Waals surface area contributed by atoms with Crippen LogP contribution in [0.5, 0.6) is 0 Å². The summed E-state index contributed by atoms with van der Waals surface area (Å²) < 4.78 is 7.29. The van der Waals surface area contributed by atoms with E-state index in [4.69, 9.17) is 10.5 Å². The van der Waals surface area contributed by atoms with Gasteiger partial charge < -0.3 is 15.0 Å². The standard InChI is InChI=1S/C10H20N4OS/c1-10(2,15-4)5-6-16-9-13-12-8(7-11)14(9)3/h5-7,11H2,1-4H3. The Morgan fingerprint density at radius 1 is 1.44 bits per heavy atom. The van der Waals surface area contributed by atoms with Crippen molar-refractivity contribution in [1.29, 1.82) is 0 Å². The third kappa shape index (κ3) is 3.47. The summed E-state index contributed by atoms with van der Waals surface area (Å²) in [7, 11) is 3.67. The van der Waals surface area contributed by atoms with Crippen molar-refractivity contribution in [2.75, 3.05) is 12.9 Å². The Hall–Kier alpha value is -0.590. The molecule has 1 heterocycles. The summed E-state index contributed by atoms with van der Waals surface area (Å²) in [5.74, 6) is 1.77. The number of nitrogens with zero attached hydrogens (tertiary/aromatic N) is 3. The second-order valence-electron chi connectivity index (χ2n) is 4.22. The molecular formula is C10H20N4OS. The van der Waals surface area contributed by atoms with Gasteiger partial charge in [-0.1, -0.05) is 11.8 Å². The van der Waals surface area contributed by atoms with E-state index in [1.807, 2.05) is 11.6 Å². The SMILES string of the molecule is COC(C)(C)CCSc1nnc(CN)n1C. The van der Waals surface area contributed by atoms with Gasteiger partial charge in [-0.05, 0) is 20.3 Å². The molecule has 0 fully saturated rings. The van der Waals surface area contributed by atoms with Crippen LogP contribution in [-0.4, -0.2) is 33.2 Å². The topological polar surface area (TPSA) is 66.0 Å². The normalized spacial score (nSPS) is 12.1. The highest BCUT2D eigenvalue weighted by atomic mass is 32.2. The smallest absolute Gasteiger partial charge is 0.190 e. The van der Waals surface area contributed by atoms with Crippen molar-refractivity contribution >= 4 is 11.8 Å². The molecule has 5 nitrogen and oxygen atoms in total. The van der Waals surface area contributed by atoms with E-state index in [-0.39, 0.29) is 5.60 Å². The van der Waals surface area contributed by atoms with E-state index in [9.17, 15) is 0 Å². The number of nitrogens with two attached hydrogens (primary N) is 1. The lowest BCUT2D eigenvalue weighted by Crippen LogP contribution is -2.23. The highest BCUT2D eigenvalue weighted by molar-refractivity contribution is 7.99. The third-order valence-corrected chi connectivity index (χ3v) is 3.62. The monoisotopic (exact) mass is 244 g/mol. The van der Waals surface area contributed by atoms with Crippen molar-refractivity contribution < 1.29 is 4.74 Å². The molecule has 1 aromatic heterocycles. The van der Waals surface area contributed by atoms with E-state index in [0.717, 1.165) is 23.2 Å². The summed E-state index contributed by atoms with van der Waals surface area (Å²) in [6.45, 7) is 4.58. The molecule has 0 radical (unpaired) electrons. The Morgan fingerprint density at radius 3 is 2.62 bits per heavy atom. The molecule has 0 aliphatic heterocycles. The zero-order valence-electron chi connectivity index (χ0n) is 10.4. The summed E-state index contributed by atoms with van der Waals surface area (Å²) in [4.78, 5) is 0. The van der Waals surface area contributed by atoms with Crippen LogP contribution in [0.25, 0.3) is 0 Å². The molecule has 0 aliphatic carbocycles. The number of ether oxygens (including phenoxy) is 1. The molecule has 0 atom stereocenters. The average molecular weight is 244 g/mol. The van der Waals surface area contributed by atoms with Crippen LogP contribution in [0.4, 0.5) is 0 Å². The fourth-order valence-electron chi connectivity index (χ4n) is 1.14. The van der Waals surface area contributed by atoms with Crippen molar-refractivity contribution in [3.8, 4) is 0 Å². The molecule has 1 rings (SSSR count). The van der Waals surface area contributed by atoms with Crippen LogP contribution in [-0.2, 0) is 18.3 Å². The minimum absolute atomic E-state index is 0.0811. The maximum atomic E-state index is 5.53. The molecule has 0 saturated carbocycles. The van der Waals surface area contributed by atoms with Crippen molar-refractivity contribution in [3.63, 3.8) is 0 Å². The Labute approximate surface area is 101 Å². The zero-order valence-corrected chi connectivity index (χ0v) is 11.2. The number of aromatic nitrogens is 3. The van der Waals surface area contributed by atoms with Gasteiger partial charge in [-0.3, -0.25) is 0 Å². The van der Waals surface area contributed by atoms with Gasteiger partial charge in [0.05, 0.1) is 12.1 Å². The van der Waals surface area contributed by atoms with E-state index >= 15 is 0 Å². The summed E-state index contributed by atoms with van der Waals surface area (Å²) in [5.41, 5.74) is 5.45. The molecule has 2 N–H and O–H groups in total. The highest BCUT2D eigenvalue weighted by Crippen LogP contribution is 2.21. The average Bonchev–Trinajstić information content (AvgIpc) is 2.60. The number of hydrogen-bond donors (Lipinski definition) is 1. The Morgan fingerprint density at radius 2 is 2.12 bits per heavy atom. The molecule has 6 heteroatoms. The van der Waals surface area contributed by atoms with Crippen LogP contribution < -0.4 is 5.73 Å². The van der Waals surface area contributed by atoms with E-state index in [2.05, 4.69) is 24.0 Å². The molecule has 0 amide bonds. The number of thioether (sulfide) groups is 1. The lowest BCUT2D eigenvalue weighted by atomic mass is 10.1. The predicted octanol–water partition coefficient (Wildman–Crippen LogP) is 1.18. The van der Waals surface area contributed by atoms with Gasteiger partial charge in [0.25, 0.3) is 0 Å². The van der Waals surface area contributed by atoms with Gasteiger partial charge in [0.2, 0.25) is 0 Å². The zero-order chi connectivity index (χ0) is 12.2. The minimum Gasteiger partial charge on any atom is -0.379 e. The predicted molar refractivity (Wildman–Crippen MR) is 65.3 cm³/mol. The Balaban J connectivity index is 2.46.